The van der Waals surface area contributed by atoms with Crippen LogP contribution in [0.5, 0.6) is 17.2 Å². The lowest BCUT2D eigenvalue weighted by atomic mass is 10.1. The molecule has 1 saturated heterocycles. The quantitative estimate of drug-likeness (QED) is 0.427. The first kappa shape index (κ1) is 24.9. The van der Waals surface area contributed by atoms with E-state index < -0.39 is 29.6 Å². The van der Waals surface area contributed by atoms with Gasteiger partial charge in [-0.2, -0.15) is 0 Å². The smallest absolute Gasteiger partial charge is 0.339 e. The minimum atomic E-state index is -0.681. The summed E-state index contributed by atoms with van der Waals surface area (Å²) in [5, 5.41) is 12.1. The highest BCUT2D eigenvalue weighted by atomic mass is 35.5. The van der Waals surface area contributed by atoms with Crippen molar-refractivity contribution in [3.05, 3.63) is 51.4 Å². The van der Waals surface area contributed by atoms with Gasteiger partial charge >= 0.3 is 5.97 Å². The fourth-order valence-electron chi connectivity index (χ4n) is 3.00. The van der Waals surface area contributed by atoms with E-state index in [4.69, 9.17) is 21.1 Å². The molecule has 0 aliphatic carbocycles. The minimum Gasteiger partial charge on any atom is -0.502 e. The van der Waals surface area contributed by atoms with E-state index in [0.717, 1.165) is 4.90 Å². The summed E-state index contributed by atoms with van der Waals surface area (Å²) in [6.45, 7) is -0.541. The number of benzene rings is 2. The molecule has 0 atom stereocenters. The Labute approximate surface area is 203 Å². The number of hydrogen-bond acceptors (Lipinski definition) is 9. The highest BCUT2D eigenvalue weighted by Crippen LogP contribution is 2.39. The Hall–Kier alpha value is -3.70. The molecule has 1 aliphatic heterocycles. The number of nitrogens with one attached hydrogen (secondary N) is 1. The van der Waals surface area contributed by atoms with Crippen molar-refractivity contribution >= 4 is 58.1 Å². The van der Waals surface area contributed by atoms with E-state index >= 15 is 0 Å². The predicted octanol–water partition coefficient (Wildman–Crippen LogP) is 3.52. The third kappa shape index (κ3) is 5.26. The molecule has 1 fully saturated rings. The van der Waals surface area contributed by atoms with Crippen LogP contribution in [0.2, 0.25) is 5.02 Å². The van der Waals surface area contributed by atoms with Gasteiger partial charge in [0.05, 0.1) is 36.8 Å². The average molecular weight is 507 g/mol. The van der Waals surface area contributed by atoms with E-state index in [1.165, 1.54) is 57.7 Å². The molecule has 12 heteroatoms. The molecule has 34 heavy (non-hydrogen) atoms. The number of methoxy groups -OCH3 is 3. The monoisotopic (exact) mass is 506 g/mol. The van der Waals surface area contributed by atoms with Gasteiger partial charge in [0.25, 0.3) is 11.1 Å². The number of aromatic hydroxyl groups is 1. The molecule has 0 bridgehead atoms. The summed E-state index contributed by atoms with van der Waals surface area (Å²) in [5.41, 5.74) is 0.731. The van der Waals surface area contributed by atoms with Crippen molar-refractivity contribution in [3.63, 3.8) is 0 Å². The number of amides is 3. The Kier molecular flexibility index (Phi) is 7.69. The molecule has 1 aliphatic rings. The maximum absolute atomic E-state index is 12.8. The summed E-state index contributed by atoms with van der Waals surface area (Å²) < 4.78 is 14.8. The lowest BCUT2D eigenvalue weighted by Gasteiger charge is -2.13. The Morgan fingerprint density at radius 1 is 1.12 bits per heavy atom. The SMILES string of the molecule is COC(=O)c1cc(NC(=O)CN2C(=O)S/C(=C/c3cc(OC)c(O)c(OC)c3)C2=O)ccc1Cl. The summed E-state index contributed by atoms with van der Waals surface area (Å²) in [6.07, 6.45) is 1.43. The van der Waals surface area contributed by atoms with Crippen LogP contribution in [0, 0.1) is 0 Å². The first-order chi connectivity index (χ1) is 16.2. The minimum absolute atomic E-state index is 0.0517. The number of carbonyl (C=O) groups excluding carboxylic acids is 4. The van der Waals surface area contributed by atoms with Crippen molar-refractivity contribution in [2.24, 2.45) is 0 Å². The lowest BCUT2D eigenvalue weighted by molar-refractivity contribution is -0.127. The van der Waals surface area contributed by atoms with Crippen LogP contribution in [0.4, 0.5) is 10.5 Å². The van der Waals surface area contributed by atoms with Gasteiger partial charge in [0.2, 0.25) is 11.7 Å². The molecule has 2 aromatic rings. The number of carbonyl (C=O) groups is 4. The van der Waals surface area contributed by atoms with Crippen molar-refractivity contribution in [1.82, 2.24) is 4.90 Å². The van der Waals surface area contributed by atoms with E-state index in [0.29, 0.717) is 17.3 Å². The highest BCUT2D eigenvalue weighted by Gasteiger charge is 2.36. The number of anilines is 1. The molecule has 0 unspecified atom stereocenters. The molecule has 3 rings (SSSR count). The van der Waals surface area contributed by atoms with Crippen LogP contribution >= 0.6 is 23.4 Å². The first-order valence-corrected chi connectivity index (χ1v) is 10.8. The number of thioether (sulfide) groups is 1. The van der Waals surface area contributed by atoms with Crippen molar-refractivity contribution in [1.29, 1.82) is 0 Å². The molecule has 2 N–H and O–H groups in total. The summed E-state index contributed by atoms with van der Waals surface area (Å²) in [5.74, 6) is -1.96. The number of phenols is 1. The molecule has 1 heterocycles. The molecule has 0 spiro atoms. The van der Waals surface area contributed by atoms with E-state index in [1.54, 1.807) is 0 Å². The lowest BCUT2D eigenvalue weighted by Crippen LogP contribution is -2.36. The van der Waals surface area contributed by atoms with Gasteiger partial charge in [0.15, 0.2) is 11.5 Å². The summed E-state index contributed by atoms with van der Waals surface area (Å²) in [4.78, 5) is 50.2. The van der Waals surface area contributed by atoms with Gasteiger partial charge in [-0.15, -0.1) is 0 Å². The highest BCUT2D eigenvalue weighted by molar-refractivity contribution is 8.18. The number of rotatable bonds is 7. The van der Waals surface area contributed by atoms with E-state index in [9.17, 15) is 24.3 Å². The number of hydrogen-bond donors (Lipinski definition) is 2. The van der Waals surface area contributed by atoms with Crippen molar-refractivity contribution in [3.8, 4) is 17.2 Å². The number of esters is 1. The van der Waals surface area contributed by atoms with Crippen LogP contribution in [0.3, 0.4) is 0 Å². The van der Waals surface area contributed by atoms with Gasteiger partial charge in [-0.05, 0) is 53.7 Å². The maximum Gasteiger partial charge on any atom is 0.339 e. The molecule has 0 saturated carbocycles. The Balaban J connectivity index is 1.76. The Bertz CT molecular complexity index is 1190. The van der Waals surface area contributed by atoms with Crippen LogP contribution in [0.25, 0.3) is 6.08 Å². The fraction of sp³-hybridized carbons (Fsp3) is 0.182. The molecule has 0 aromatic heterocycles. The Morgan fingerprint density at radius 2 is 1.76 bits per heavy atom. The molecular formula is C22H19ClN2O8S. The summed E-state index contributed by atoms with van der Waals surface area (Å²) in [7, 11) is 3.92. The molecular weight excluding hydrogens is 488 g/mol. The molecule has 0 radical (unpaired) electrons. The van der Waals surface area contributed by atoms with Gasteiger partial charge in [0, 0.05) is 5.69 Å². The molecule has 3 amide bonds. The normalized spacial score (nSPS) is 14.4. The maximum atomic E-state index is 12.8. The summed E-state index contributed by atoms with van der Waals surface area (Å²) >= 11 is 6.62. The number of nitrogens with zero attached hydrogens (tertiary/aromatic N) is 1. The second-order valence-electron chi connectivity index (χ2n) is 6.78. The van der Waals surface area contributed by atoms with Crippen molar-refractivity contribution in [2.75, 3.05) is 33.2 Å². The number of ether oxygens (including phenoxy) is 3. The topological polar surface area (TPSA) is 131 Å². The molecule has 178 valence electrons. The van der Waals surface area contributed by atoms with Crippen LogP contribution in [-0.2, 0) is 14.3 Å². The first-order valence-electron chi connectivity index (χ1n) is 9.56. The second-order valence-corrected chi connectivity index (χ2v) is 8.18. The van der Waals surface area contributed by atoms with Crippen LogP contribution < -0.4 is 14.8 Å². The molecule has 10 nitrogen and oxygen atoms in total. The third-order valence-electron chi connectivity index (χ3n) is 4.63. The van der Waals surface area contributed by atoms with E-state index in [2.05, 4.69) is 10.1 Å². The predicted molar refractivity (Wildman–Crippen MR) is 125 cm³/mol. The van der Waals surface area contributed by atoms with Crippen LogP contribution in [-0.4, -0.2) is 60.9 Å². The second kappa shape index (κ2) is 10.5. The zero-order valence-electron chi connectivity index (χ0n) is 18.2. The average Bonchev–Trinajstić information content (AvgIpc) is 3.07. The van der Waals surface area contributed by atoms with Gasteiger partial charge in [0.1, 0.15) is 6.54 Å². The zero-order chi connectivity index (χ0) is 25.0. The van der Waals surface area contributed by atoms with Gasteiger partial charge in [-0.3, -0.25) is 19.3 Å². The largest absolute Gasteiger partial charge is 0.502 e. The fourth-order valence-corrected chi connectivity index (χ4v) is 4.03. The zero-order valence-corrected chi connectivity index (χ0v) is 19.8. The van der Waals surface area contributed by atoms with Crippen molar-refractivity contribution in [2.45, 2.75) is 0 Å². The number of halogens is 1. The van der Waals surface area contributed by atoms with E-state index in [-0.39, 0.29) is 38.4 Å². The number of phenolic OH excluding ortho intramolecular Hbond substituents is 1. The third-order valence-corrected chi connectivity index (χ3v) is 5.87. The van der Waals surface area contributed by atoms with E-state index in [1.807, 2.05) is 0 Å². The van der Waals surface area contributed by atoms with Crippen molar-refractivity contribution < 1.29 is 38.5 Å². The van der Waals surface area contributed by atoms with Crippen LogP contribution in [0.1, 0.15) is 15.9 Å². The molecule has 2 aromatic carbocycles. The van der Waals surface area contributed by atoms with Gasteiger partial charge in [-0.1, -0.05) is 11.6 Å². The van der Waals surface area contributed by atoms with Gasteiger partial charge < -0.3 is 24.6 Å². The van der Waals surface area contributed by atoms with Crippen LogP contribution in [0.15, 0.2) is 35.2 Å². The summed E-state index contributed by atoms with van der Waals surface area (Å²) in [6, 6.07) is 7.14. The Morgan fingerprint density at radius 3 is 2.35 bits per heavy atom. The number of imide groups is 1. The van der Waals surface area contributed by atoms with Gasteiger partial charge in [-0.25, -0.2) is 4.79 Å². The standard InChI is InChI=1S/C22H19ClN2O8S/c1-31-15-6-11(7-16(32-2)19(15)27)8-17-20(28)25(22(30)34-17)10-18(26)24-12-4-5-14(23)13(9-12)21(29)33-3/h4-9,27H,10H2,1-3H3,(H,24,26)/b17-8+.